The lowest BCUT2D eigenvalue weighted by Crippen LogP contribution is -2.50. The highest BCUT2D eigenvalue weighted by atomic mass is 16.5. The second-order valence-corrected chi connectivity index (χ2v) is 8.00. The highest BCUT2D eigenvalue weighted by molar-refractivity contribution is 6.09. The first-order chi connectivity index (χ1) is 17.5. The third-order valence-corrected chi connectivity index (χ3v) is 5.64. The molecule has 1 aliphatic rings. The summed E-state index contributed by atoms with van der Waals surface area (Å²) in [5.41, 5.74) is 3.46. The van der Waals surface area contributed by atoms with E-state index in [4.69, 9.17) is 9.47 Å². The molecule has 184 valence electrons. The summed E-state index contributed by atoms with van der Waals surface area (Å²) in [7, 11) is 1.54. The van der Waals surface area contributed by atoms with E-state index in [-0.39, 0.29) is 13.2 Å². The molecule has 3 amide bonds. The Morgan fingerprint density at radius 1 is 0.972 bits per heavy atom. The molecule has 0 spiro atoms. The number of nitrogens with zero attached hydrogens (tertiary/aromatic N) is 1. The third-order valence-electron chi connectivity index (χ3n) is 5.64. The molecule has 0 saturated carbocycles. The molecule has 1 heterocycles. The normalized spacial score (nSPS) is 14.7. The van der Waals surface area contributed by atoms with E-state index in [1.807, 2.05) is 42.5 Å². The number of benzene rings is 3. The van der Waals surface area contributed by atoms with Crippen molar-refractivity contribution in [1.29, 1.82) is 0 Å². The van der Waals surface area contributed by atoms with Gasteiger partial charge in [0, 0.05) is 17.3 Å². The number of carbonyl (C=O) groups is 3. The standard InChI is InChI=1S/C28H27N3O5/c1-3-36-26(32)18-31-25-15-8-7-14-22(25)23(19-10-5-4-6-11-19)17-24(27(31)33)30-28(34)29-20-12-9-13-21(16-20)35-2/h4-17,24H,3,18H2,1-2H3,(H2,29,30,34). The first-order valence-corrected chi connectivity index (χ1v) is 11.6. The zero-order chi connectivity index (χ0) is 25.5. The van der Waals surface area contributed by atoms with E-state index in [0.29, 0.717) is 17.1 Å². The number of carbonyl (C=O) groups excluding carboxylic acids is 3. The summed E-state index contributed by atoms with van der Waals surface area (Å²) in [6.45, 7) is 1.62. The minimum atomic E-state index is -1.05. The zero-order valence-electron chi connectivity index (χ0n) is 20.1. The molecule has 1 aliphatic heterocycles. The molecule has 4 rings (SSSR count). The van der Waals surface area contributed by atoms with Crippen molar-refractivity contribution in [2.75, 3.05) is 30.5 Å². The van der Waals surface area contributed by atoms with E-state index in [2.05, 4.69) is 10.6 Å². The van der Waals surface area contributed by atoms with Crippen LogP contribution in [-0.2, 0) is 14.3 Å². The summed E-state index contributed by atoms with van der Waals surface area (Å²) in [6.07, 6.45) is 1.72. The van der Waals surface area contributed by atoms with Gasteiger partial charge >= 0.3 is 12.0 Å². The van der Waals surface area contributed by atoms with Crippen LogP contribution < -0.4 is 20.3 Å². The van der Waals surface area contributed by atoms with Crippen molar-refractivity contribution in [3.63, 3.8) is 0 Å². The van der Waals surface area contributed by atoms with Gasteiger partial charge in [0.2, 0.25) is 0 Å². The van der Waals surface area contributed by atoms with Crippen LogP contribution in [0.1, 0.15) is 18.1 Å². The molecule has 3 aromatic rings. The van der Waals surface area contributed by atoms with Gasteiger partial charge in [-0.05, 0) is 42.3 Å². The predicted molar refractivity (Wildman–Crippen MR) is 138 cm³/mol. The average molecular weight is 486 g/mol. The van der Waals surface area contributed by atoms with Crippen molar-refractivity contribution in [3.05, 3.63) is 96.1 Å². The molecule has 36 heavy (non-hydrogen) atoms. The summed E-state index contributed by atoms with van der Waals surface area (Å²) in [5, 5.41) is 5.49. The molecule has 0 fully saturated rings. The van der Waals surface area contributed by atoms with Crippen molar-refractivity contribution < 1.29 is 23.9 Å². The Bertz CT molecular complexity index is 1290. The minimum Gasteiger partial charge on any atom is -0.497 e. The molecule has 0 radical (unpaired) electrons. The van der Waals surface area contributed by atoms with E-state index >= 15 is 0 Å². The largest absolute Gasteiger partial charge is 0.497 e. The number of hydrogen-bond donors (Lipinski definition) is 2. The molecule has 8 heteroatoms. The minimum absolute atomic E-state index is 0.195. The van der Waals surface area contributed by atoms with Crippen LogP contribution in [-0.4, -0.2) is 44.2 Å². The molecule has 1 atom stereocenters. The SMILES string of the molecule is CCOC(=O)CN1C(=O)C(NC(=O)Nc2cccc(OC)c2)C=C(c2ccccc2)c2ccccc21. The Morgan fingerprint density at radius 3 is 2.47 bits per heavy atom. The summed E-state index contributed by atoms with van der Waals surface area (Å²) in [6, 6.07) is 22.2. The van der Waals surface area contributed by atoms with Gasteiger partial charge in [-0.3, -0.25) is 14.5 Å². The maximum atomic E-state index is 13.7. The van der Waals surface area contributed by atoms with Crippen LogP contribution in [0.25, 0.3) is 5.57 Å². The number of hydrogen-bond acceptors (Lipinski definition) is 5. The second-order valence-electron chi connectivity index (χ2n) is 8.00. The lowest BCUT2D eigenvalue weighted by molar-refractivity contribution is -0.142. The molecule has 0 aliphatic carbocycles. The van der Waals surface area contributed by atoms with Crippen molar-refractivity contribution in [3.8, 4) is 5.75 Å². The van der Waals surface area contributed by atoms with Crippen LogP contribution in [0.2, 0.25) is 0 Å². The van der Waals surface area contributed by atoms with Gasteiger partial charge in [0.25, 0.3) is 5.91 Å². The van der Waals surface area contributed by atoms with Crippen LogP contribution >= 0.6 is 0 Å². The van der Waals surface area contributed by atoms with Crippen LogP contribution in [0.3, 0.4) is 0 Å². The number of urea groups is 1. The van der Waals surface area contributed by atoms with Gasteiger partial charge in [-0.2, -0.15) is 0 Å². The van der Waals surface area contributed by atoms with E-state index in [1.165, 1.54) is 12.0 Å². The molecule has 3 aromatic carbocycles. The van der Waals surface area contributed by atoms with Gasteiger partial charge in [-0.15, -0.1) is 0 Å². The van der Waals surface area contributed by atoms with Gasteiger partial charge in [0.05, 0.1) is 19.4 Å². The fraction of sp³-hybridized carbons (Fsp3) is 0.179. The van der Waals surface area contributed by atoms with Gasteiger partial charge < -0.3 is 20.1 Å². The summed E-state index contributed by atoms with van der Waals surface area (Å²) in [4.78, 5) is 40.4. The van der Waals surface area contributed by atoms with Gasteiger partial charge in [-0.25, -0.2) is 4.79 Å². The number of rotatable bonds is 7. The number of fused-ring (bicyclic) bond motifs is 1. The number of amides is 3. The zero-order valence-corrected chi connectivity index (χ0v) is 20.1. The number of methoxy groups -OCH3 is 1. The van der Waals surface area contributed by atoms with Crippen molar-refractivity contribution >= 4 is 34.9 Å². The monoisotopic (exact) mass is 485 g/mol. The summed E-state index contributed by atoms with van der Waals surface area (Å²) < 4.78 is 10.3. The van der Waals surface area contributed by atoms with E-state index in [1.54, 1.807) is 49.4 Å². The topological polar surface area (TPSA) is 97.0 Å². The Labute approximate surface area is 209 Å². The van der Waals surface area contributed by atoms with Crippen LogP contribution in [0.5, 0.6) is 5.75 Å². The molecule has 2 N–H and O–H groups in total. The summed E-state index contributed by atoms with van der Waals surface area (Å²) >= 11 is 0. The van der Waals surface area contributed by atoms with Gasteiger partial charge in [0.1, 0.15) is 18.3 Å². The second kappa shape index (κ2) is 11.2. The first kappa shape index (κ1) is 24.5. The van der Waals surface area contributed by atoms with E-state index in [9.17, 15) is 14.4 Å². The van der Waals surface area contributed by atoms with Crippen molar-refractivity contribution in [1.82, 2.24) is 5.32 Å². The highest BCUT2D eigenvalue weighted by Crippen LogP contribution is 2.35. The van der Waals surface area contributed by atoms with Crippen LogP contribution in [0.4, 0.5) is 16.2 Å². The van der Waals surface area contributed by atoms with Crippen LogP contribution in [0, 0.1) is 0 Å². The maximum absolute atomic E-state index is 13.7. The predicted octanol–water partition coefficient (Wildman–Crippen LogP) is 4.23. The van der Waals surface area contributed by atoms with Crippen LogP contribution in [0.15, 0.2) is 84.9 Å². The van der Waals surface area contributed by atoms with Gasteiger partial charge in [0.15, 0.2) is 0 Å². The number of esters is 1. The molecule has 0 bridgehead atoms. The summed E-state index contributed by atoms with van der Waals surface area (Å²) in [5.74, 6) is -0.411. The van der Waals surface area contributed by atoms with Gasteiger partial charge in [-0.1, -0.05) is 54.6 Å². The molecule has 8 nitrogen and oxygen atoms in total. The smallest absolute Gasteiger partial charge is 0.326 e. The highest BCUT2D eigenvalue weighted by Gasteiger charge is 2.33. The Kier molecular flexibility index (Phi) is 7.65. The quantitative estimate of drug-likeness (QED) is 0.489. The Hall–Kier alpha value is -4.59. The molecule has 1 unspecified atom stereocenters. The van der Waals surface area contributed by atoms with E-state index in [0.717, 1.165) is 16.7 Å². The van der Waals surface area contributed by atoms with Crippen molar-refractivity contribution in [2.45, 2.75) is 13.0 Å². The molecule has 0 aromatic heterocycles. The number of nitrogens with one attached hydrogen (secondary N) is 2. The lowest BCUT2D eigenvalue weighted by atomic mass is 9.95. The lowest BCUT2D eigenvalue weighted by Gasteiger charge is -2.25. The molecular weight excluding hydrogens is 458 g/mol. The first-order valence-electron chi connectivity index (χ1n) is 11.6. The van der Waals surface area contributed by atoms with E-state index < -0.39 is 23.9 Å². The Morgan fingerprint density at radius 2 is 1.72 bits per heavy atom. The fourth-order valence-electron chi connectivity index (χ4n) is 4.03. The third kappa shape index (κ3) is 5.55. The average Bonchev–Trinajstić information content (AvgIpc) is 3.00. The Balaban J connectivity index is 1.72. The molecule has 0 saturated heterocycles. The van der Waals surface area contributed by atoms with Crippen molar-refractivity contribution in [2.24, 2.45) is 0 Å². The number of ether oxygens (including phenoxy) is 2. The number of anilines is 2. The fourth-order valence-corrected chi connectivity index (χ4v) is 4.03. The molecular formula is C28H27N3O5. The maximum Gasteiger partial charge on any atom is 0.326 e. The number of para-hydroxylation sites is 1.